The van der Waals surface area contributed by atoms with Crippen LogP contribution in [0, 0.1) is 5.82 Å². The van der Waals surface area contributed by atoms with Crippen molar-refractivity contribution in [3.05, 3.63) is 59.9 Å². The van der Waals surface area contributed by atoms with E-state index in [1.165, 1.54) is 4.90 Å². The second-order valence-corrected chi connectivity index (χ2v) is 9.64. The van der Waals surface area contributed by atoms with Crippen molar-refractivity contribution in [2.24, 2.45) is 0 Å². The maximum Gasteiger partial charge on any atom is 0.407 e. The molecule has 2 aliphatic rings. The van der Waals surface area contributed by atoms with Gasteiger partial charge in [-0.1, -0.05) is 48.5 Å². The van der Waals surface area contributed by atoms with Gasteiger partial charge in [0.2, 0.25) is 10.0 Å². The molecule has 1 saturated heterocycles. The predicted octanol–water partition coefficient (Wildman–Crippen LogP) is 3.24. The second kappa shape index (κ2) is 7.76. The van der Waals surface area contributed by atoms with Crippen LogP contribution in [0.3, 0.4) is 0 Å². The highest BCUT2D eigenvalue weighted by Crippen LogP contribution is 2.31. The zero-order chi connectivity index (χ0) is 20.6. The van der Waals surface area contributed by atoms with E-state index in [-0.39, 0.29) is 18.2 Å². The first-order chi connectivity index (χ1) is 13.9. The molecule has 1 amide bonds. The van der Waals surface area contributed by atoms with Crippen LogP contribution < -0.4 is 4.72 Å². The van der Waals surface area contributed by atoms with E-state index < -0.39 is 34.0 Å². The Morgan fingerprint density at radius 1 is 1.10 bits per heavy atom. The Kier molecular flexibility index (Phi) is 5.31. The molecule has 2 fully saturated rings. The van der Waals surface area contributed by atoms with Gasteiger partial charge in [0.15, 0.2) is 0 Å². The number of carboxylic acid groups (broad SMARTS) is 1. The van der Waals surface area contributed by atoms with Crippen LogP contribution in [-0.4, -0.2) is 48.4 Å². The maximum atomic E-state index is 15.2. The third-order valence-corrected chi connectivity index (χ3v) is 7.64. The molecular weight excluding hydrogens is 395 g/mol. The summed E-state index contributed by atoms with van der Waals surface area (Å²) in [6.45, 7) is 0.220. The lowest BCUT2D eigenvalue weighted by atomic mass is 9.96. The quantitative estimate of drug-likeness (QED) is 0.754. The molecule has 2 N–H and O–H groups in total. The summed E-state index contributed by atoms with van der Waals surface area (Å²) in [6, 6.07) is 13.0. The summed E-state index contributed by atoms with van der Waals surface area (Å²) >= 11 is 0. The van der Waals surface area contributed by atoms with Gasteiger partial charge in [0.25, 0.3) is 0 Å². The van der Waals surface area contributed by atoms with Gasteiger partial charge in [-0.25, -0.2) is 22.3 Å². The van der Waals surface area contributed by atoms with Gasteiger partial charge in [-0.15, -0.1) is 0 Å². The first-order valence-corrected chi connectivity index (χ1v) is 11.2. The minimum Gasteiger partial charge on any atom is -0.465 e. The number of rotatable bonds is 6. The molecule has 1 saturated carbocycles. The van der Waals surface area contributed by atoms with Gasteiger partial charge in [-0.05, 0) is 36.8 Å². The summed E-state index contributed by atoms with van der Waals surface area (Å²) in [5, 5.41) is 9.17. The molecule has 0 unspecified atom stereocenters. The second-order valence-electron chi connectivity index (χ2n) is 7.65. The van der Waals surface area contributed by atoms with Crippen LogP contribution in [0.2, 0.25) is 0 Å². The maximum absolute atomic E-state index is 15.2. The Labute approximate surface area is 169 Å². The molecule has 1 aliphatic heterocycles. The van der Waals surface area contributed by atoms with E-state index in [4.69, 9.17) is 0 Å². The number of benzene rings is 2. The first-order valence-electron chi connectivity index (χ1n) is 9.70. The van der Waals surface area contributed by atoms with E-state index in [0.29, 0.717) is 30.4 Å². The molecule has 0 radical (unpaired) electrons. The van der Waals surface area contributed by atoms with Crippen LogP contribution in [0.15, 0.2) is 48.5 Å². The normalized spacial score (nSPS) is 22.0. The van der Waals surface area contributed by atoms with E-state index in [1.54, 1.807) is 18.2 Å². The first kappa shape index (κ1) is 19.8. The predicted molar refractivity (Wildman–Crippen MR) is 108 cm³/mol. The van der Waals surface area contributed by atoms with E-state index in [0.717, 1.165) is 5.56 Å². The van der Waals surface area contributed by atoms with Crippen molar-refractivity contribution >= 4 is 16.1 Å². The fraction of sp³-hybridized carbons (Fsp3) is 0.381. The number of amides is 1. The molecule has 8 heteroatoms. The van der Waals surface area contributed by atoms with E-state index in [9.17, 15) is 18.3 Å². The van der Waals surface area contributed by atoms with Crippen LogP contribution in [0.5, 0.6) is 0 Å². The van der Waals surface area contributed by atoms with Gasteiger partial charge in [-0.2, -0.15) is 0 Å². The third kappa shape index (κ3) is 4.13. The Bertz CT molecular complexity index is 1010. The number of carbonyl (C=O) groups is 1. The highest BCUT2D eigenvalue weighted by atomic mass is 32.2. The van der Waals surface area contributed by atoms with Crippen molar-refractivity contribution in [1.29, 1.82) is 0 Å². The molecule has 2 aromatic rings. The zero-order valence-corrected chi connectivity index (χ0v) is 16.6. The lowest BCUT2D eigenvalue weighted by Gasteiger charge is -2.27. The molecule has 2 atom stereocenters. The van der Waals surface area contributed by atoms with Gasteiger partial charge in [-0.3, -0.25) is 0 Å². The molecule has 0 spiro atoms. The number of nitrogens with zero attached hydrogens (tertiary/aromatic N) is 1. The summed E-state index contributed by atoms with van der Waals surface area (Å²) in [5.41, 5.74) is 1.55. The smallest absolute Gasteiger partial charge is 0.407 e. The van der Waals surface area contributed by atoms with Crippen molar-refractivity contribution in [3.63, 3.8) is 0 Å². The average molecular weight is 418 g/mol. The zero-order valence-electron chi connectivity index (χ0n) is 15.8. The molecule has 0 bridgehead atoms. The Morgan fingerprint density at radius 2 is 1.83 bits per heavy atom. The highest BCUT2D eigenvalue weighted by molar-refractivity contribution is 7.90. The van der Waals surface area contributed by atoms with Gasteiger partial charge in [0.1, 0.15) is 5.82 Å². The Hall–Kier alpha value is -2.45. The highest BCUT2D eigenvalue weighted by Gasteiger charge is 2.43. The van der Waals surface area contributed by atoms with Gasteiger partial charge >= 0.3 is 6.09 Å². The Morgan fingerprint density at radius 3 is 2.48 bits per heavy atom. The molecule has 6 nitrogen and oxygen atoms in total. The van der Waals surface area contributed by atoms with E-state index in [2.05, 4.69) is 4.72 Å². The molecule has 4 rings (SSSR count). The van der Waals surface area contributed by atoms with Crippen molar-refractivity contribution in [2.75, 3.05) is 6.54 Å². The van der Waals surface area contributed by atoms with Crippen molar-refractivity contribution in [1.82, 2.24) is 9.62 Å². The monoisotopic (exact) mass is 418 g/mol. The standard InChI is InChI=1S/C21H23FN2O4S/c22-20-15(7-4-8-17(20)14-5-2-1-3-6-14)13-19-18(11-12-24(19)21(25)26)23-29(27,28)16-9-10-16/h1-8,16,18-19,23H,9-13H2,(H,25,26)/t18-,19-/m0/s1. The Balaban J connectivity index is 1.62. The summed E-state index contributed by atoms with van der Waals surface area (Å²) in [4.78, 5) is 12.9. The number of halogens is 1. The van der Waals surface area contributed by atoms with E-state index >= 15 is 4.39 Å². The largest absolute Gasteiger partial charge is 0.465 e. The number of nitrogens with one attached hydrogen (secondary N) is 1. The molecule has 0 aromatic heterocycles. The molecule has 29 heavy (non-hydrogen) atoms. The number of likely N-dealkylation sites (tertiary alicyclic amines) is 1. The van der Waals surface area contributed by atoms with Crippen molar-refractivity contribution in [3.8, 4) is 11.1 Å². The van der Waals surface area contributed by atoms with Crippen LogP contribution in [0.1, 0.15) is 24.8 Å². The van der Waals surface area contributed by atoms with Gasteiger partial charge < -0.3 is 10.0 Å². The van der Waals surface area contributed by atoms with Crippen LogP contribution in [-0.2, 0) is 16.4 Å². The summed E-state index contributed by atoms with van der Waals surface area (Å²) in [6.07, 6.45) is 0.619. The van der Waals surface area contributed by atoms with Crippen LogP contribution in [0.25, 0.3) is 11.1 Å². The lowest BCUT2D eigenvalue weighted by Crippen LogP contribution is -2.48. The SMILES string of the molecule is O=C(O)N1CC[C@H](NS(=O)(=O)C2CC2)[C@@H]1Cc1cccc(-c2ccccc2)c1F. The number of sulfonamides is 1. The fourth-order valence-corrected chi connectivity index (χ4v) is 5.62. The summed E-state index contributed by atoms with van der Waals surface area (Å²) in [7, 11) is -3.47. The average Bonchev–Trinajstić information content (AvgIpc) is 3.48. The summed E-state index contributed by atoms with van der Waals surface area (Å²) in [5.74, 6) is -0.403. The topological polar surface area (TPSA) is 86.7 Å². The van der Waals surface area contributed by atoms with Crippen molar-refractivity contribution < 1.29 is 22.7 Å². The minimum atomic E-state index is -3.47. The molecular formula is C21H23FN2O4S. The van der Waals surface area contributed by atoms with Gasteiger partial charge in [0.05, 0.1) is 11.3 Å². The molecule has 1 heterocycles. The minimum absolute atomic E-state index is 0.108. The van der Waals surface area contributed by atoms with Crippen LogP contribution in [0.4, 0.5) is 9.18 Å². The lowest BCUT2D eigenvalue weighted by molar-refractivity contribution is 0.137. The number of hydrogen-bond donors (Lipinski definition) is 2. The van der Waals surface area contributed by atoms with Crippen molar-refractivity contribution in [2.45, 2.75) is 43.0 Å². The molecule has 154 valence electrons. The molecule has 2 aromatic carbocycles. The molecule has 1 aliphatic carbocycles. The fourth-order valence-electron chi connectivity index (χ4n) is 3.97. The van der Waals surface area contributed by atoms with Crippen LogP contribution >= 0.6 is 0 Å². The summed E-state index contributed by atoms with van der Waals surface area (Å²) < 4.78 is 42.7. The third-order valence-electron chi connectivity index (χ3n) is 5.66. The number of hydrogen-bond acceptors (Lipinski definition) is 3. The van der Waals surface area contributed by atoms with E-state index in [1.807, 2.05) is 30.3 Å². The van der Waals surface area contributed by atoms with Gasteiger partial charge in [0, 0.05) is 18.2 Å².